The summed E-state index contributed by atoms with van der Waals surface area (Å²) in [5.41, 5.74) is 14.0. The Kier molecular flexibility index (Phi) is 8.58. The molecule has 57 heavy (non-hydrogen) atoms. The number of oxazole rings is 1. The Bertz CT molecular complexity index is 2980. The van der Waals surface area contributed by atoms with Crippen molar-refractivity contribution >= 4 is 62.5 Å². The second-order valence-corrected chi connectivity index (χ2v) is 13.9. The highest BCUT2D eigenvalue weighted by molar-refractivity contribution is 6.14. The van der Waals surface area contributed by atoms with Crippen molar-refractivity contribution in [3.05, 3.63) is 200 Å². The molecule has 0 spiro atoms. The molecule has 5 nitrogen and oxygen atoms in total. The Morgan fingerprint density at radius 2 is 1.07 bits per heavy atom. The minimum atomic E-state index is 0.520. The molecule has 0 aliphatic heterocycles. The zero-order chi connectivity index (χ0) is 38.1. The zero-order valence-electron chi connectivity index (χ0n) is 30.7. The van der Waals surface area contributed by atoms with Gasteiger partial charge in [0, 0.05) is 27.7 Å². The molecule has 0 unspecified atom stereocenters. The molecule has 0 amide bonds. The number of fused-ring (bicyclic) bond motifs is 4. The lowest BCUT2D eigenvalue weighted by atomic mass is 9.96. The van der Waals surface area contributed by atoms with Crippen LogP contribution in [0.25, 0.3) is 83.9 Å². The molecule has 0 aliphatic carbocycles. The summed E-state index contributed by atoms with van der Waals surface area (Å²) in [6.45, 7) is 0. The summed E-state index contributed by atoms with van der Waals surface area (Å²) in [6.07, 6.45) is 4.16. The average molecular weight is 735 g/mol. The lowest BCUT2D eigenvalue weighted by Gasteiger charge is -2.27. The number of aromatic nitrogens is 1. The molecule has 8 aromatic carbocycles. The Morgan fingerprint density at radius 1 is 0.474 bits per heavy atom. The fourth-order valence-corrected chi connectivity index (χ4v) is 7.67. The molecule has 0 fully saturated rings. The number of para-hydroxylation sites is 2. The number of carbonyl (C=O) groups excluding carboxylic acids is 1. The molecule has 0 bridgehead atoms. The van der Waals surface area contributed by atoms with E-state index in [1.54, 1.807) is 0 Å². The van der Waals surface area contributed by atoms with Gasteiger partial charge in [-0.1, -0.05) is 127 Å². The number of carbonyl (C=O) groups is 1. The van der Waals surface area contributed by atoms with E-state index >= 15 is 0 Å². The van der Waals surface area contributed by atoms with Gasteiger partial charge in [0.15, 0.2) is 11.2 Å². The number of allylic oxidation sites excluding steroid dienone is 1. The molecule has 270 valence electrons. The topological polar surface area (TPSA) is 59.5 Å². The third-order valence-corrected chi connectivity index (χ3v) is 10.4. The van der Waals surface area contributed by atoms with Crippen LogP contribution in [0.3, 0.4) is 0 Å². The summed E-state index contributed by atoms with van der Waals surface area (Å²) in [4.78, 5) is 18.7. The quantitative estimate of drug-likeness (QED) is 0.109. The predicted molar refractivity (Wildman–Crippen MR) is 233 cm³/mol. The number of benzene rings is 8. The van der Waals surface area contributed by atoms with Gasteiger partial charge in [-0.2, -0.15) is 0 Å². The SMILES string of the molecule is O=C/C=C\c1ccc(N(c2ccc(-c3ccccc3)cc2)c2cc(-c3ccccc3)cc(-c3ccccc3)c2)c2oc3cc(-c4nc5ccccc5o4)ccc3c12. The lowest BCUT2D eigenvalue weighted by Crippen LogP contribution is -2.11. The standard InChI is InChI=1S/C52H34N2O3/c55-30-12-19-39-25-29-47(51-50(39)45-28-24-40(34-49(45)56-51)52-53-46-20-10-11-21-48(46)57-52)54(43-26-22-38(23-27-43)35-13-4-1-5-14-35)44-32-41(36-15-6-2-7-16-36)31-42(33-44)37-17-8-3-9-18-37/h1-34H/b19-12-. The molecular formula is C52H34N2O3. The molecular weight excluding hydrogens is 701 g/mol. The van der Waals surface area contributed by atoms with Crippen LogP contribution in [0.15, 0.2) is 203 Å². The van der Waals surface area contributed by atoms with Crippen molar-refractivity contribution in [2.75, 3.05) is 4.90 Å². The van der Waals surface area contributed by atoms with Crippen LogP contribution in [0.1, 0.15) is 5.56 Å². The normalized spacial score (nSPS) is 11.5. The zero-order valence-corrected chi connectivity index (χ0v) is 30.7. The van der Waals surface area contributed by atoms with Crippen LogP contribution in [0.4, 0.5) is 17.1 Å². The first-order valence-electron chi connectivity index (χ1n) is 18.9. The van der Waals surface area contributed by atoms with Crippen molar-refractivity contribution in [2.45, 2.75) is 0 Å². The van der Waals surface area contributed by atoms with E-state index in [1.807, 2.05) is 60.7 Å². The molecule has 0 atom stereocenters. The van der Waals surface area contributed by atoms with Gasteiger partial charge in [-0.05, 0) is 112 Å². The Labute approximate surface area is 329 Å². The van der Waals surface area contributed by atoms with Gasteiger partial charge in [0.1, 0.15) is 17.4 Å². The molecule has 0 N–H and O–H groups in total. The molecule has 10 aromatic rings. The number of rotatable bonds is 9. The van der Waals surface area contributed by atoms with Crippen molar-refractivity contribution in [1.82, 2.24) is 4.98 Å². The number of hydrogen-bond donors (Lipinski definition) is 0. The fourth-order valence-electron chi connectivity index (χ4n) is 7.67. The molecule has 0 aliphatic rings. The van der Waals surface area contributed by atoms with Gasteiger partial charge < -0.3 is 13.7 Å². The molecule has 0 radical (unpaired) electrons. The smallest absolute Gasteiger partial charge is 0.227 e. The first kappa shape index (κ1) is 33.8. The maximum Gasteiger partial charge on any atom is 0.227 e. The fraction of sp³-hybridized carbons (Fsp3) is 0. The van der Waals surface area contributed by atoms with E-state index in [4.69, 9.17) is 13.8 Å². The maximum absolute atomic E-state index is 11.6. The Morgan fingerprint density at radius 3 is 1.72 bits per heavy atom. The number of furan rings is 1. The van der Waals surface area contributed by atoms with Crippen molar-refractivity contribution in [3.8, 4) is 44.8 Å². The summed E-state index contributed by atoms with van der Waals surface area (Å²) in [5, 5.41) is 1.82. The highest BCUT2D eigenvalue weighted by Crippen LogP contribution is 2.46. The number of anilines is 3. The average Bonchev–Trinajstić information content (AvgIpc) is 3.90. The van der Waals surface area contributed by atoms with Crippen LogP contribution < -0.4 is 4.90 Å². The van der Waals surface area contributed by atoms with Gasteiger partial charge in [0.2, 0.25) is 5.89 Å². The number of nitrogens with zero attached hydrogens (tertiary/aromatic N) is 2. The van der Waals surface area contributed by atoms with E-state index in [2.05, 4.69) is 138 Å². The van der Waals surface area contributed by atoms with Crippen LogP contribution in [-0.2, 0) is 4.79 Å². The maximum atomic E-state index is 11.6. The molecule has 2 aromatic heterocycles. The van der Waals surface area contributed by atoms with Crippen LogP contribution in [0, 0.1) is 0 Å². The van der Waals surface area contributed by atoms with Crippen LogP contribution in [0.5, 0.6) is 0 Å². The van der Waals surface area contributed by atoms with E-state index in [-0.39, 0.29) is 0 Å². The van der Waals surface area contributed by atoms with Crippen LogP contribution >= 0.6 is 0 Å². The van der Waals surface area contributed by atoms with E-state index < -0.39 is 0 Å². The Hall–Kier alpha value is -7.76. The van der Waals surface area contributed by atoms with Gasteiger partial charge in [-0.15, -0.1) is 0 Å². The third-order valence-electron chi connectivity index (χ3n) is 10.4. The Balaban J connectivity index is 1.22. The summed E-state index contributed by atoms with van der Waals surface area (Å²) in [5.74, 6) is 0.520. The molecule has 0 saturated carbocycles. The number of hydrogen-bond acceptors (Lipinski definition) is 5. The van der Waals surface area contributed by atoms with Crippen molar-refractivity contribution in [1.29, 1.82) is 0 Å². The van der Waals surface area contributed by atoms with Gasteiger partial charge in [-0.3, -0.25) is 4.79 Å². The summed E-state index contributed by atoms with van der Waals surface area (Å²) >= 11 is 0. The first-order chi connectivity index (χ1) is 28.2. The third kappa shape index (κ3) is 6.37. The van der Waals surface area contributed by atoms with Crippen LogP contribution in [-0.4, -0.2) is 11.3 Å². The minimum absolute atomic E-state index is 0.520. The summed E-state index contributed by atoms with van der Waals surface area (Å²) in [6, 6.07) is 64.7. The summed E-state index contributed by atoms with van der Waals surface area (Å²) < 4.78 is 13.1. The molecule has 0 saturated heterocycles. The van der Waals surface area contributed by atoms with Crippen molar-refractivity contribution in [2.24, 2.45) is 0 Å². The van der Waals surface area contributed by atoms with Gasteiger partial charge in [-0.25, -0.2) is 4.98 Å². The second-order valence-electron chi connectivity index (χ2n) is 13.9. The van der Waals surface area contributed by atoms with Crippen LogP contribution in [0.2, 0.25) is 0 Å². The highest BCUT2D eigenvalue weighted by Gasteiger charge is 2.23. The van der Waals surface area contributed by atoms with Crippen molar-refractivity contribution in [3.63, 3.8) is 0 Å². The molecule has 2 heterocycles. The van der Waals surface area contributed by atoms with Gasteiger partial charge in [0.05, 0.1) is 5.69 Å². The summed E-state index contributed by atoms with van der Waals surface area (Å²) in [7, 11) is 0. The van der Waals surface area contributed by atoms with E-state index in [0.29, 0.717) is 17.1 Å². The highest BCUT2D eigenvalue weighted by atomic mass is 16.3. The van der Waals surface area contributed by atoms with Gasteiger partial charge in [0.25, 0.3) is 0 Å². The molecule has 5 heteroatoms. The second kappa shape index (κ2) is 14.5. The number of aldehydes is 1. The van der Waals surface area contributed by atoms with Gasteiger partial charge >= 0.3 is 0 Å². The van der Waals surface area contributed by atoms with E-state index in [9.17, 15) is 4.79 Å². The largest absolute Gasteiger partial charge is 0.454 e. The lowest BCUT2D eigenvalue weighted by molar-refractivity contribution is -0.104. The van der Waals surface area contributed by atoms with Crippen molar-refractivity contribution < 1.29 is 13.6 Å². The van der Waals surface area contributed by atoms with E-state index in [0.717, 1.165) is 89.7 Å². The first-order valence-corrected chi connectivity index (χ1v) is 18.9. The minimum Gasteiger partial charge on any atom is -0.454 e. The monoisotopic (exact) mass is 734 g/mol. The van der Waals surface area contributed by atoms with E-state index in [1.165, 1.54) is 6.08 Å². The molecule has 10 rings (SSSR count). The predicted octanol–water partition coefficient (Wildman–Crippen LogP) is 14.1.